The highest BCUT2D eigenvalue weighted by molar-refractivity contribution is 5.97. The number of para-hydroxylation sites is 1. The lowest BCUT2D eigenvalue weighted by molar-refractivity contribution is -0.154. The minimum Gasteiger partial charge on any atom is -0.468 e. The second-order valence-corrected chi connectivity index (χ2v) is 5.80. The number of guanidine groups is 1. The molecule has 1 aromatic carbocycles. The number of halogens is 3. The van der Waals surface area contributed by atoms with E-state index in [0.717, 1.165) is 18.7 Å². The lowest BCUT2D eigenvalue weighted by atomic mass is 10.2. The van der Waals surface area contributed by atoms with Crippen LogP contribution in [0, 0.1) is 0 Å². The van der Waals surface area contributed by atoms with Crippen LogP contribution in [0.5, 0.6) is 5.88 Å². The van der Waals surface area contributed by atoms with Crippen LogP contribution in [0.2, 0.25) is 0 Å². The Bertz CT molecular complexity index is 792. The van der Waals surface area contributed by atoms with Crippen LogP contribution in [-0.4, -0.2) is 37.3 Å². The molecule has 3 rings (SSSR count). The number of benzene rings is 1. The molecule has 0 fully saturated rings. The molecule has 138 valence electrons. The van der Waals surface area contributed by atoms with Gasteiger partial charge in [-0.3, -0.25) is 4.99 Å². The number of rotatable bonds is 4. The maximum atomic E-state index is 12.4. The summed E-state index contributed by atoms with van der Waals surface area (Å²) in [6, 6.07) is 11.4. The number of nitrogens with zero attached hydrogens (tertiary/aromatic N) is 3. The van der Waals surface area contributed by atoms with Crippen molar-refractivity contribution in [2.45, 2.75) is 19.1 Å². The van der Waals surface area contributed by atoms with Crippen LogP contribution in [0.4, 0.5) is 18.9 Å². The Morgan fingerprint density at radius 2 is 2.08 bits per heavy atom. The Balaban J connectivity index is 1.69. The highest BCUT2D eigenvalue weighted by Gasteiger charge is 2.29. The molecule has 0 saturated heterocycles. The van der Waals surface area contributed by atoms with Gasteiger partial charge in [-0.25, -0.2) is 4.98 Å². The van der Waals surface area contributed by atoms with Gasteiger partial charge in [0.1, 0.15) is 0 Å². The molecule has 0 spiro atoms. The molecule has 1 N–H and O–H groups in total. The highest BCUT2D eigenvalue weighted by atomic mass is 19.4. The number of pyridine rings is 1. The molecule has 2 heterocycles. The summed E-state index contributed by atoms with van der Waals surface area (Å²) < 4.78 is 42.0. The van der Waals surface area contributed by atoms with Crippen LogP contribution < -0.4 is 15.0 Å². The standard InChI is InChI=1S/C18H19F3N4O/c1-22-17(25-10-8-13-5-2-3-7-15(13)25)24-11-14-6-4-9-23-16(14)26-12-18(19,20)21/h2-7,9H,8,10-12H2,1H3,(H,22,24). The zero-order valence-corrected chi connectivity index (χ0v) is 14.3. The molecule has 0 radical (unpaired) electrons. The van der Waals surface area contributed by atoms with Gasteiger partial charge in [-0.1, -0.05) is 24.3 Å². The fraction of sp³-hybridized carbons (Fsp3) is 0.333. The summed E-state index contributed by atoms with van der Waals surface area (Å²) in [6.07, 6.45) is -2.08. The van der Waals surface area contributed by atoms with Crippen LogP contribution in [-0.2, 0) is 13.0 Å². The molecule has 0 unspecified atom stereocenters. The summed E-state index contributed by atoms with van der Waals surface area (Å²) in [5.41, 5.74) is 2.86. The second-order valence-electron chi connectivity index (χ2n) is 5.80. The summed E-state index contributed by atoms with van der Waals surface area (Å²) in [4.78, 5) is 10.2. The fourth-order valence-corrected chi connectivity index (χ4v) is 2.87. The minimum atomic E-state index is -4.41. The van der Waals surface area contributed by atoms with Crippen molar-refractivity contribution < 1.29 is 17.9 Å². The van der Waals surface area contributed by atoms with Crippen molar-refractivity contribution in [3.8, 4) is 5.88 Å². The maximum absolute atomic E-state index is 12.4. The predicted octanol–water partition coefficient (Wildman–Crippen LogP) is 3.16. The van der Waals surface area contributed by atoms with E-state index in [2.05, 4.69) is 26.3 Å². The first kappa shape index (κ1) is 18.0. The number of hydrogen-bond donors (Lipinski definition) is 1. The highest BCUT2D eigenvalue weighted by Crippen LogP contribution is 2.27. The summed E-state index contributed by atoms with van der Waals surface area (Å²) in [5, 5.41) is 3.18. The zero-order valence-electron chi connectivity index (χ0n) is 14.3. The molecule has 1 aliphatic heterocycles. The minimum absolute atomic E-state index is 0.0328. The lowest BCUT2D eigenvalue weighted by Gasteiger charge is -2.22. The van der Waals surface area contributed by atoms with E-state index in [0.29, 0.717) is 11.5 Å². The van der Waals surface area contributed by atoms with Crippen LogP contribution in [0.1, 0.15) is 11.1 Å². The first-order chi connectivity index (χ1) is 12.5. The SMILES string of the molecule is CN=C(NCc1cccnc1OCC(F)(F)F)N1CCc2ccccc21. The first-order valence-electron chi connectivity index (χ1n) is 8.17. The van der Waals surface area contributed by atoms with Crippen molar-refractivity contribution in [1.29, 1.82) is 0 Å². The molecule has 0 atom stereocenters. The Kier molecular flexibility index (Phi) is 5.29. The van der Waals surface area contributed by atoms with E-state index in [-0.39, 0.29) is 12.4 Å². The zero-order chi connectivity index (χ0) is 18.6. The lowest BCUT2D eigenvalue weighted by Crippen LogP contribution is -2.40. The molecule has 0 amide bonds. The van der Waals surface area contributed by atoms with Gasteiger partial charge in [0, 0.05) is 37.6 Å². The maximum Gasteiger partial charge on any atom is 0.422 e. The van der Waals surface area contributed by atoms with E-state index in [1.54, 1.807) is 19.2 Å². The van der Waals surface area contributed by atoms with Gasteiger partial charge in [0.25, 0.3) is 0 Å². The number of aromatic nitrogens is 1. The van der Waals surface area contributed by atoms with Crippen LogP contribution >= 0.6 is 0 Å². The Morgan fingerprint density at radius 1 is 1.27 bits per heavy atom. The topological polar surface area (TPSA) is 49.8 Å². The smallest absolute Gasteiger partial charge is 0.422 e. The van der Waals surface area contributed by atoms with Gasteiger partial charge in [0.05, 0.1) is 0 Å². The largest absolute Gasteiger partial charge is 0.468 e. The average molecular weight is 364 g/mol. The van der Waals surface area contributed by atoms with Crippen LogP contribution in [0.25, 0.3) is 0 Å². The number of hydrogen-bond acceptors (Lipinski definition) is 3. The van der Waals surface area contributed by atoms with Crippen LogP contribution in [0.15, 0.2) is 47.6 Å². The van der Waals surface area contributed by atoms with Gasteiger partial charge in [0.2, 0.25) is 5.88 Å². The van der Waals surface area contributed by atoms with Crippen molar-refractivity contribution in [2.75, 3.05) is 25.1 Å². The van der Waals surface area contributed by atoms with E-state index in [4.69, 9.17) is 4.74 Å². The molecule has 2 aromatic rings. The van der Waals surface area contributed by atoms with Gasteiger partial charge in [0.15, 0.2) is 12.6 Å². The van der Waals surface area contributed by atoms with Crippen molar-refractivity contribution in [3.63, 3.8) is 0 Å². The fourth-order valence-electron chi connectivity index (χ4n) is 2.87. The van der Waals surface area contributed by atoms with E-state index < -0.39 is 12.8 Å². The second kappa shape index (κ2) is 7.63. The average Bonchev–Trinajstić information content (AvgIpc) is 3.05. The molecule has 8 heteroatoms. The third kappa shape index (κ3) is 4.25. The Morgan fingerprint density at radius 3 is 2.85 bits per heavy atom. The van der Waals surface area contributed by atoms with Crippen molar-refractivity contribution >= 4 is 11.6 Å². The number of alkyl halides is 3. The van der Waals surface area contributed by atoms with Crippen molar-refractivity contribution in [3.05, 3.63) is 53.7 Å². The first-order valence-corrected chi connectivity index (χ1v) is 8.17. The third-order valence-electron chi connectivity index (χ3n) is 4.01. The Hall–Kier alpha value is -2.77. The number of aliphatic imine (C=N–C) groups is 1. The van der Waals surface area contributed by atoms with Crippen LogP contribution in [0.3, 0.4) is 0 Å². The molecule has 0 aliphatic carbocycles. The molecule has 5 nitrogen and oxygen atoms in total. The molecule has 26 heavy (non-hydrogen) atoms. The summed E-state index contributed by atoms with van der Waals surface area (Å²) in [5.74, 6) is 0.621. The third-order valence-corrected chi connectivity index (χ3v) is 4.01. The normalized spacial score (nSPS) is 14.3. The molecular formula is C18H19F3N4O. The van der Waals surface area contributed by atoms with E-state index >= 15 is 0 Å². The number of ether oxygens (including phenoxy) is 1. The van der Waals surface area contributed by atoms with E-state index in [1.165, 1.54) is 11.8 Å². The van der Waals surface area contributed by atoms with Crippen molar-refractivity contribution in [2.24, 2.45) is 4.99 Å². The number of anilines is 1. The molecule has 1 aromatic heterocycles. The van der Waals surface area contributed by atoms with Gasteiger partial charge >= 0.3 is 6.18 Å². The van der Waals surface area contributed by atoms with Gasteiger partial charge in [-0.15, -0.1) is 0 Å². The summed E-state index contributed by atoms with van der Waals surface area (Å²) in [6.45, 7) is -0.318. The number of nitrogens with one attached hydrogen (secondary N) is 1. The summed E-state index contributed by atoms with van der Waals surface area (Å²) >= 11 is 0. The molecule has 0 saturated carbocycles. The predicted molar refractivity (Wildman–Crippen MR) is 93.5 cm³/mol. The number of fused-ring (bicyclic) bond motifs is 1. The monoisotopic (exact) mass is 364 g/mol. The molecule has 0 bridgehead atoms. The van der Waals surface area contributed by atoms with Crippen molar-refractivity contribution in [1.82, 2.24) is 10.3 Å². The quantitative estimate of drug-likeness (QED) is 0.669. The Labute approximate surface area is 149 Å². The van der Waals surface area contributed by atoms with E-state index in [1.807, 2.05) is 18.2 Å². The molecule has 1 aliphatic rings. The van der Waals surface area contributed by atoms with Gasteiger partial charge in [-0.05, 0) is 24.1 Å². The molecular weight excluding hydrogens is 345 g/mol. The summed E-state index contributed by atoms with van der Waals surface area (Å²) in [7, 11) is 1.67. The van der Waals surface area contributed by atoms with Gasteiger partial charge in [-0.2, -0.15) is 13.2 Å². The van der Waals surface area contributed by atoms with E-state index in [9.17, 15) is 13.2 Å². The van der Waals surface area contributed by atoms with Gasteiger partial charge < -0.3 is 15.0 Å².